The molecule has 1 heterocycles. The summed E-state index contributed by atoms with van der Waals surface area (Å²) in [7, 11) is 0. The molecule has 100 valence electrons. The molecule has 0 atom stereocenters. The molecule has 18 heavy (non-hydrogen) atoms. The van der Waals surface area contributed by atoms with Crippen LogP contribution < -0.4 is 10.1 Å². The molecule has 0 spiro atoms. The number of aryl methyl sites for hydroxylation is 1. The smallest absolute Gasteiger partial charge is 0.119 e. The summed E-state index contributed by atoms with van der Waals surface area (Å²) in [6.07, 6.45) is 3.68. The van der Waals surface area contributed by atoms with E-state index in [9.17, 15) is 0 Å². The van der Waals surface area contributed by atoms with Crippen molar-refractivity contribution in [3.63, 3.8) is 0 Å². The highest BCUT2D eigenvalue weighted by Gasteiger charge is 2.12. The van der Waals surface area contributed by atoms with Crippen molar-refractivity contribution in [1.82, 2.24) is 5.32 Å². The van der Waals surface area contributed by atoms with Gasteiger partial charge in [-0.1, -0.05) is 12.1 Å². The molecule has 3 nitrogen and oxygen atoms in total. The minimum atomic E-state index is 0.449. The maximum Gasteiger partial charge on any atom is 0.119 e. The van der Waals surface area contributed by atoms with Gasteiger partial charge in [-0.25, -0.2) is 0 Å². The monoisotopic (exact) mass is 249 g/mol. The van der Waals surface area contributed by atoms with Gasteiger partial charge in [-0.15, -0.1) is 0 Å². The Labute approximate surface area is 109 Å². The molecular weight excluding hydrogens is 226 g/mol. The number of piperidine rings is 1. The summed E-state index contributed by atoms with van der Waals surface area (Å²) in [5.74, 6) is 0.955. The van der Waals surface area contributed by atoms with Gasteiger partial charge >= 0.3 is 0 Å². The summed E-state index contributed by atoms with van der Waals surface area (Å²) in [6, 6.07) is 8.16. The van der Waals surface area contributed by atoms with Gasteiger partial charge in [-0.2, -0.15) is 0 Å². The molecule has 1 fully saturated rings. The molecule has 1 N–H and O–H groups in total. The Hall–Kier alpha value is -1.06. The van der Waals surface area contributed by atoms with Crippen LogP contribution in [0.15, 0.2) is 24.3 Å². The largest absolute Gasteiger partial charge is 0.493 e. The Morgan fingerprint density at radius 2 is 2.06 bits per heavy atom. The second kappa shape index (κ2) is 7.39. The van der Waals surface area contributed by atoms with Crippen LogP contribution in [0.1, 0.15) is 24.8 Å². The molecule has 1 aromatic carbocycles. The lowest BCUT2D eigenvalue weighted by Crippen LogP contribution is -2.32. The molecule has 1 aliphatic rings. The lowest BCUT2D eigenvalue weighted by atomic mass is 10.1. The average molecular weight is 249 g/mol. The standard InChI is InChI=1S/C15H23NO2/c1-13-4-2-5-15(12-13)18-11-3-10-17-14-6-8-16-9-7-14/h2,4-5,12,14,16H,3,6-11H2,1H3. The predicted octanol–water partition coefficient (Wildman–Crippen LogP) is 2.53. The van der Waals surface area contributed by atoms with Crippen LogP contribution in [-0.2, 0) is 4.74 Å². The molecule has 3 heteroatoms. The molecule has 1 saturated heterocycles. The molecular formula is C15H23NO2. The van der Waals surface area contributed by atoms with Gasteiger partial charge in [0.2, 0.25) is 0 Å². The van der Waals surface area contributed by atoms with Gasteiger partial charge in [0.1, 0.15) is 5.75 Å². The van der Waals surface area contributed by atoms with Crippen LogP contribution in [0.2, 0.25) is 0 Å². The van der Waals surface area contributed by atoms with Crippen LogP contribution in [0, 0.1) is 6.92 Å². The highest BCUT2D eigenvalue weighted by molar-refractivity contribution is 5.27. The number of hydrogen-bond donors (Lipinski definition) is 1. The Kier molecular flexibility index (Phi) is 5.49. The average Bonchev–Trinajstić information content (AvgIpc) is 2.40. The molecule has 0 bridgehead atoms. The molecule has 0 saturated carbocycles. The fraction of sp³-hybridized carbons (Fsp3) is 0.600. The van der Waals surface area contributed by atoms with E-state index in [1.165, 1.54) is 5.56 Å². The minimum absolute atomic E-state index is 0.449. The lowest BCUT2D eigenvalue weighted by Gasteiger charge is -2.22. The van der Waals surface area contributed by atoms with E-state index in [-0.39, 0.29) is 0 Å². The van der Waals surface area contributed by atoms with Gasteiger partial charge in [0.25, 0.3) is 0 Å². The number of rotatable bonds is 6. The minimum Gasteiger partial charge on any atom is -0.493 e. The highest BCUT2D eigenvalue weighted by Crippen LogP contribution is 2.13. The van der Waals surface area contributed by atoms with E-state index < -0.39 is 0 Å². The van der Waals surface area contributed by atoms with Crippen LogP contribution in [-0.4, -0.2) is 32.4 Å². The van der Waals surface area contributed by atoms with Crippen LogP contribution in [0.3, 0.4) is 0 Å². The summed E-state index contributed by atoms with van der Waals surface area (Å²) >= 11 is 0. The summed E-state index contributed by atoms with van der Waals surface area (Å²) in [5, 5.41) is 3.34. The Balaban J connectivity index is 1.55. The van der Waals surface area contributed by atoms with Crippen molar-refractivity contribution < 1.29 is 9.47 Å². The fourth-order valence-electron chi connectivity index (χ4n) is 2.17. The van der Waals surface area contributed by atoms with Crippen LogP contribution in [0.5, 0.6) is 5.75 Å². The van der Waals surface area contributed by atoms with Crippen molar-refractivity contribution in [2.24, 2.45) is 0 Å². The number of hydrogen-bond acceptors (Lipinski definition) is 3. The molecule has 0 radical (unpaired) electrons. The van der Waals surface area contributed by atoms with Crippen molar-refractivity contribution >= 4 is 0 Å². The first-order chi connectivity index (χ1) is 8.84. The van der Waals surface area contributed by atoms with Gasteiger partial charge in [0, 0.05) is 6.42 Å². The number of ether oxygens (including phenoxy) is 2. The van der Waals surface area contributed by atoms with E-state index in [0.29, 0.717) is 6.10 Å². The molecule has 2 rings (SSSR count). The second-order valence-corrected chi connectivity index (χ2v) is 4.84. The number of benzene rings is 1. The Bertz CT molecular complexity index is 348. The van der Waals surface area contributed by atoms with E-state index in [4.69, 9.17) is 9.47 Å². The normalized spacial score (nSPS) is 16.7. The van der Waals surface area contributed by atoms with Crippen molar-refractivity contribution in [2.75, 3.05) is 26.3 Å². The Morgan fingerprint density at radius 1 is 1.22 bits per heavy atom. The fourth-order valence-corrected chi connectivity index (χ4v) is 2.17. The SMILES string of the molecule is Cc1cccc(OCCCOC2CCNCC2)c1. The van der Waals surface area contributed by atoms with Crippen LogP contribution >= 0.6 is 0 Å². The highest BCUT2D eigenvalue weighted by atomic mass is 16.5. The third kappa shape index (κ3) is 4.67. The number of nitrogens with one attached hydrogen (secondary N) is 1. The van der Waals surface area contributed by atoms with Gasteiger partial charge in [-0.3, -0.25) is 0 Å². The van der Waals surface area contributed by atoms with Gasteiger partial charge in [0.05, 0.1) is 19.3 Å². The van der Waals surface area contributed by atoms with Crippen molar-refractivity contribution in [1.29, 1.82) is 0 Å². The second-order valence-electron chi connectivity index (χ2n) is 4.84. The molecule has 1 aromatic rings. The van der Waals surface area contributed by atoms with E-state index in [1.807, 2.05) is 12.1 Å². The van der Waals surface area contributed by atoms with E-state index in [2.05, 4.69) is 24.4 Å². The lowest BCUT2D eigenvalue weighted by molar-refractivity contribution is 0.0269. The first-order valence-electron chi connectivity index (χ1n) is 6.86. The van der Waals surface area contributed by atoms with Crippen molar-refractivity contribution in [3.05, 3.63) is 29.8 Å². The summed E-state index contributed by atoms with van der Waals surface area (Å²) in [4.78, 5) is 0. The van der Waals surface area contributed by atoms with Gasteiger partial charge < -0.3 is 14.8 Å². The van der Waals surface area contributed by atoms with Crippen LogP contribution in [0.4, 0.5) is 0 Å². The first-order valence-corrected chi connectivity index (χ1v) is 6.86. The Morgan fingerprint density at radius 3 is 2.83 bits per heavy atom. The third-order valence-corrected chi connectivity index (χ3v) is 3.19. The van der Waals surface area contributed by atoms with Gasteiger partial charge in [-0.05, 0) is 50.6 Å². The van der Waals surface area contributed by atoms with E-state index in [0.717, 1.165) is 51.3 Å². The summed E-state index contributed by atoms with van der Waals surface area (Å²) in [6.45, 7) is 5.78. The topological polar surface area (TPSA) is 30.5 Å². The molecule has 0 aliphatic carbocycles. The van der Waals surface area contributed by atoms with E-state index >= 15 is 0 Å². The maximum absolute atomic E-state index is 5.82. The summed E-state index contributed by atoms with van der Waals surface area (Å²) < 4.78 is 11.5. The first kappa shape index (κ1) is 13.4. The maximum atomic E-state index is 5.82. The van der Waals surface area contributed by atoms with Crippen molar-refractivity contribution in [2.45, 2.75) is 32.3 Å². The van der Waals surface area contributed by atoms with E-state index in [1.54, 1.807) is 0 Å². The zero-order valence-corrected chi connectivity index (χ0v) is 11.2. The van der Waals surface area contributed by atoms with Gasteiger partial charge in [0.15, 0.2) is 0 Å². The zero-order chi connectivity index (χ0) is 12.6. The molecule has 0 aromatic heterocycles. The molecule has 0 unspecified atom stereocenters. The van der Waals surface area contributed by atoms with Crippen molar-refractivity contribution in [3.8, 4) is 5.75 Å². The predicted molar refractivity (Wildman–Crippen MR) is 73.1 cm³/mol. The quantitative estimate of drug-likeness (QED) is 0.786. The summed E-state index contributed by atoms with van der Waals surface area (Å²) in [5.41, 5.74) is 1.23. The molecule has 0 amide bonds. The van der Waals surface area contributed by atoms with Crippen LogP contribution in [0.25, 0.3) is 0 Å². The molecule has 1 aliphatic heterocycles. The zero-order valence-electron chi connectivity index (χ0n) is 11.2. The third-order valence-electron chi connectivity index (χ3n) is 3.19.